The van der Waals surface area contributed by atoms with E-state index in [0.717, 1.165) is 11.3 Å². The zero-order valence-corrected chi connectivity index (χ0v) is 13.7. The molecule has 0 radical (unpaired) electrons. The molecule has 0 unspecified atom stereocenters. The average Bonchev–Trinajstić information content (AvgIpc) is 3.12. The molecule has 2 heterocycles. The smallest absolute Gasteiger partial charge is 0.281 e. The first kappa shape index (κ1) is 14.8. The van der Waals surface area contributed by atoms with Gasteiger partial charge >= 0.3 is 0 Å². The summed E-state index contributed by atoms with van der Waals surface area (Å²) < 4.78 is 1.71. The minimum atomic E-state index is -0.307. The Morgan fingerprint density at radius 2 is 1.58 bits per heavy atom. The minimum Gasteiger partial charge on any atom is -0.494 e. The molecule has 118 valence electrons. The number of thioether (sulfide) groups is 1. The van der Waals surface area contributed by atoms with Crippen molar-refractivity contribution in [3.63, 3.8) is 0 Å². The Bertz CT molecular complexity index is 960. The summed E-state index contributed by atoms with van der Waals surface area (Å²) in [6.45, 7) is 0. The maximum absolute atomic E-state index is 12.5. The number of aromatic hydroxyl groups is 1. The van der Waals surface area contributed by atoms with Gasteiger partial charge < -0.3 is 5.11 Å². The van der Waals surface area contributed by atoms with Crippen molar-refractivity contribution in [1.29, 1.82) is 0 Å². The average molecular weight is 334 g/mol. The lowest BCUT2D eigenvalue weighted by molar-refractivity contribution is 0.100. The van der Waals surface area contributed by atoms with E-state index >= 15 is 0 Å². The van der Waals surface area contributed by atoms with Crippen molar-refractivity contribution in [1.82, 2.24) is 4.57 Å². The van der Waals surface area contributed by atoms with Crippen LogP contribution in [0.15, 0.2) is 70.7 Å². The van der Waals surface area contributed by atoms with Gasteiger partial charge in [0.1, 0.15) is 0 Å². The SMILES string of the molecule is CSc1c2c(c(O)n1-c1ccccc1)C(c1ccccc1)=NC2=O. The van der Waals surface area contributed by atoms with Gasteiger partial charge in [-0.2, -0.15) is 0 Å². The minimum absolute atomic E-state index is 0.0500. The molecule has 2 aromatic carbocycles. The number of aliphatic imine (C=N–C) groups is 1. The van der Waals surface area contributed by atoms with Crippen LogP contribution >= 0.6 is 11.8 Å². The molecule has 0 fully saturated rings. The normalized spacial score (nSPS) is 13.0. The maximum atomic E-state index is 12.5. The first-order valence-electron chi connectivity index (χ1n) is 7.48. The Balaban J connectivity index is 1.99. The van der Waals surface area contributed by atoms with E-state index in [4.69, 9.17) is 0 Å². The fraction of sp³-hybridized carbons (Fsp3) is 0.0526. The number of hydrogen-bond acceptors (Lipinski definition) is 3. The largest absolute Gasteiger partial charge is 0.494 e. The fourth-order valence-corrected chi connectivity index (χ4v) is 3.76. The highest BCUT2D eigenvalue weighted by molar-refractivity contribution is 7.98. The van der Waals surface area contributed by atoms with Gasteiger partial charge in [0.15, 0.2) is 0 Å². The predicted molar refractivity (Wildman–Crippen MR) is 95.6 cm³/mol. The molecule has 0 bridgehead atoms. The first-order chi connectivity index (χ1) is 11.7. The molecule has 1 aliphatic heterocycles. The highest BCUT2D eigenvalue weighted by atomic mass is 32.2. The van der Waals surface area contributed by atoms with Crippen molar-refractivity contribution in [3.05, 3.63) is 77.4 Å². The summed E-state index contributed by atoms with van der Waals surface area (Å²) in [5.41, 5.74) is 3.15. The Morgan fingerprint density at radius 3 is 2.21 bits per heavy atom. The molecule has 0 saturated carbocycles. The zero-order chi connectivity index (χ0) is 16.7. The molecule has 0 saturated heterocycles. The molecule has 4 nitrogen and oxygen atoms in total. The summed E-state index contributed by atoms with van der Waals surface area (Å²) in [4.78, 5) is 16.7. The van der Waals surface area contributed by atoms with Crippen molar-refractivity contribution in [3.8, 4) is 11.6 Å². The molecule has 0 atom stereocenters. The van der Waals surface area contributed by atoms with E-state index in [-0.39, 0.29) is 11.8 Å². The van der Waals surface area contributed by atoms with Crippen LogP contribution in [-0.4, -0.2) is 27.5 Å². The van der Waals surface area contributed by atoms with Gasteiger partial charge in [0, 0.05) is 11.3 Å². The topological polar surface area (TPSA) is 54.6 Å². The number of carbonyl (C=O) groups is 1. The number of benzene rings is 2. The monoisotopic (exact) mass is 334 g/mol. The molecule has 1 N–H and O–H groups in total. The Hall–Kier alpha value is -2.79. The van der Waals surface area contributed by atoms with E-state index in [9.17, 15) is 9.90 Å². The van der Waals surface area contributed by atoms with Gasteiger partial charge in [-0.25, -0.2) is 4.99 Å². The summed E-state index contributed by atoms with van der Waals surface area (Å²) in [5, 5.41) is 11.6. The third-order valence-corrected chi connectivity index (χ3v) is 4.79. The predicted octanol–water partition coefficient (Wildman–Crippen LogP) is 3.90. The van der Waals surface area contributed by atoms with Gasteiger partial charge in [-0.15, -0.1) is 11.8 Å². The number of para-hydroxylation sites is 1. The van der Waals surface area contributed by atoms with E-state index in [1.54, 1.807) is 4.57 Å². The molecule has 1 amide bonds. The van der Waals surface area contributed by atoms with E-state index in [1.165, 1.54) is 11.8 Å². The summed E-state index contributed by atoms with van der Waals surface area (Å²) >= 11 is 1.43. The third-order valence-electron chi connectivity index (χ3n) is 4.02. The molecule has 0 spiro atoms. The second kappa shape index (κ2) is 5.69. The molecule has 4 rings (SSSR count). The van der Waals surface area contributed by atoms with Crippen LogP contribution in [-0.2, 0) is 0 Å². The number of rotatable bonds is 3. The molecule has 24 heavy (non-hydrogen) atoms. The van der Waals surface area contributed by atoms with Crippen LogP contribution < -0.4 is 0 Å². The quantitative estimate of drug-likeness (QED) is 0.739. The van der Waals surface area contributed by atoms with Crippen LogP contribution in [0.25, 0.3) is 5.69 Å². The summed E-state index contributed by atoms with van der Waals surface area (Å²) in [6.07, 6.45) is 1.89. The van der Waals surface area contributed by atoms with Gasteiger partial charge in [-0.05, 0) is 18.4 Å². The van der Waals surface area contributed by atoms with Crippen molar-refractivity contribution in [2.24, 2.45) is 4.99 Å². The third kappa shape index (κ3) is 2.09. The van der Waals surface area contributed by atoms with E-state index in [1.807, 2.05) is 66.9 Å². The number of carbonyl (C=O) groups excluding carboxylic acids is 1. The molecule has 0 aliphatic carbocycles. The lowest BCUT2D eigenvalue weighted by Crippen LogP contribution is -2.01. The lowest BCUT2D eigenvalue weighted by atomic mass is 10.0. The van der Waals surface area contributed by atoms with Crippen molar-refractivity contribution in [2.45, 2.75) is 5.03 Å². The van der Waals surface area contributed by atoms with E-state index < -0.39 is 0 Å². The maximum Gasteiger partial charge on any atom is 0.281 e. The van der Waals surface area contributed by atoms with Crippen LogP contribution in [0.1, 0.15) is 21.5 Å². The van der Waals surface area contributed by atoms with Gasteiger partial charge in [0.2, 0.25) is 5.88 Å². The van der Waals surface area contributed by atoms with Crippen LogP contribution in [0.5, 0.6) is 5.88 Å². The second-order valence-corrected chi connectivity index (χ2v) is 6.18. The fourth-order valence-electron chi connectivity index (χ4n) is 2.99. The molecular formula is C19H14N2O2S. The number of nitrogens with zero attached hydrogens (tertiary/aromatic N) is 2. The Kier molecular flexibility index (Phi) is 3.50. The van der Waals surface area contributed by atoms with Crippen molar-refractivity contribution in [2.75, 3.05) is 6.26 Å². The number of hydrogen-bond donors (Lipinski definition) is 1. The van der Waals surface area contributed by atoms with E-state index in [2.05, 4.69) is 4.99 Å². The van der Waals surface area contributed by atoms with Gasteiger partial charge in [0.25, 0.3) is 5.91 Å². The number of aromatic nitrogens is 1. The Labute approximate surface area is 143 Å². The zero-order valence-electron chi connectivity index (χ0n) is 12.9. The lowest BCUT2D eigenvalue weighted by Gasteiger charge is -2.10. The molecule has 5 heteroatoms. The highest BCUT2D eigenvalue weighted by Crippen LogP contribution is 2.41. The molecule has 1 aliphatic rings. The molecule has 3 aromatic rings. The standard InChI is InChI=1S/C19H14N2O2S/c1-24-19-15-14(18(23)21(19)13-10-6-3-7-11-13)16(20-17(15)22)12-8-4-2-5-9-12/h2-11,23H,1H3. The van der Waals surface area contributed by atoms with Gasteiger partial charge in [-0.3, -0.25) is 9.36 Å². The van der Waals surface area contributed by atoms with Crippen LogP contribution in [0, 0.1) is 0 Å². The second-order valence-electron chi connectivity index (χ2n) is 5.39. The molecule has 1 aromatic heterocycles. The van der Waals surface area contributed by atoms with Crippen molar-refractivity contribution >= 4 is 23.4 Å². The van der Waals surface area contributed by atoms with E-state index in [0.29, 0.717) is 21.9 Å². The van der Waals surface area contributed by atoms with Crippen molar-refractivity contribution < 1.29 is 9.90 Å². The summed E-state index contributed by atoms with van der Waals surface area (Å²) in [7, 11) is 0. The van der Waals surface area contributed by atoms with Gasteiger partial charge in [0.05, 0.1) is 21.9 Å². The van der Waals surface area contributed by atoms with Gasteiger partial charge in [-0.1, -0.05) is 48.5 Å². The Morgan fingerprint density at radius 1 is 0.958 bits per heavy atom. The summed E-state index contributed by atoms with van der Waals surface area (Å²) in [5.74, 6) is -0.257. The molecular weight excluding hydrogens is 320 g/mol. The van der Waals surface area contributed by atoms with Crippen LogP contribution in [0.4, 0.5) is 0 Å². The van der Waals surface area contributed by atoms with Crippen LogP contribution in [0.3, 0.4) is 0 Å². The summed E-state index contributed by atoms with van der Waals surface area (Å²) in [6, 6.07) is 19.0. The van der Waals surface area contributed by atoms with Crippen LogP contribution in [0.2, 0.25) is 0 Å². The number of fused-ring (bicyclic) bond motifs is 1. The highest BCUT2D eigenvalue weighted by Gasteiger charge is 2.35. The first-order valence-corrected chi connectivity index (χ1v) is 8.70. The number of amides is 1.